The molecule has 1 heterocycles. The number of carbonyl (C=O) groups excluding carboxylic acids is 1. The number of nitrogens with one attached hydrogen (secondary N) is 1. The Kier molecular flexibility index (Phi) is 3.14. The van der Waals surface area contributed by atoms with Gasteiger partial charge in [0.2, 0.25) is 5.95 Å². The molecule has 0 aromatic carbocycles. The fourth-order valence-corrected chi connectivity index (χ4v) is 1.50. The van der Waals surface area contributed by atoms with Crippen LogP contribution in [0.15, 0.2) is 18.3 Å². The lowest BCUT2D eigenvalue weighted by Gasteiger charge is -2.10. The van der Waals surface area contributed by atoms with Gasteiger partial charge in [-0.05, 0) is 30.9 Å². The minimum atomic E-state index is -0.791. The molecule has 1 fully saturated rings. The molecule has 0 aliphatic heterocycles. The van der Waals surface area contributed by atoms with Crippen molar-refractivity contribution in [1.29, 1.82) is 0 Å². The minimum Gasteiger partial charge on any atom is -0.391 e. The third kappa shape index (κ3) is 2.55. The van der Waals surface area contributed by atoms with Crippen LogP contribution < -0.4 is 5.32 Å². The van der Waals surface area contributed by atoms with Gasteiger partial charge in [-0.1, -0.05) is 0 Å². The van der Waals surface area contributed by atoms with Gasteiger partial charge in [-0.3, -0.25) is 4.79 Å². The molecule has 1 atom stereocenters. The summed E-state index contributed by atoms with van der Waals surface area (Å²) in [6.07, 6.45) is 2.76. The van der Waals surface area contributed by atoms with Crippen molar-refractivity contribution < 1.29 is 14.3 Å². The SMILES string of the molecule is O=C(NCC(O)C1CC1)c1cccnc1F. The number of aromatic nitrogens is 1. The fourth-order valence-electron chi connectivity index (χ4n) is 1.50. The average Bonchev–Trinajstić information content (AvgIpc) is 3.10. The van der Waals surface area contributed by atoms with Gasteiger partial charge >= 0.3 is 0 Å². The molecule has 1 aromatic heterocycles. The number of aliphatic hydroxyl groups is 1. The van der Waals surface area contributed by atoms with Gasteiger partial charge in [0.1, 0.15) is 0 Å². The van der Waals surface area contributed by atoms with Crippen LogP contribution in [0.3, 0.4) is 0 Å². The predicted octanol–water partition coefficient (Wildman–Crippen LogP) is 0.721. The summed E-state index contributed by atoms with van der Waals surface area (Å²) >= 11 is 0. The highest BCUT2D eigenvalue weighted by molar-refractivity contribution is 5.94. The Balaban J connectivity index is 1.90. The summed E-state index contributed by atoms with van der Waals surface area (Å²) in [7, 11) is 0. The molecule has 1 amide bonds. The van der Waals surface area contributed by atoms with E-state index in [0.717, 1.165) is 12.8 Å². The lowest BCUT2D eigenvalue weighted by atomic mass is 10.2. The molecule has 5 heteroatoms. The van der Waals surface area contributed by atoms with Gasteiger partial charge in [0, 0.05) is 12.7 Å². The second-order valence-corrected chi connectivity index (χ2v) is 3.96. The summed E-state index contributed by atoms with van der Waals surface area (Å²) in [4.78, 5) is 14.9. The van der Waals surface area contributed by atoms with Crippen LogP contribution in [-0.2, 0) is 0 Å². The van der Waals surface area contributed by atoms with Gasteiger partial charge in [-0.25, -0.2) is 4.98 Å². The molecule has 2 N–H and O–H groups in total. The zero-order valence-electron chi connectivity index (χ0n) is 8.69. The highest BCUT2D eigenvalue weighted by Crippen LogP contribution is 2.32. The fraction of sp³-hybridized carbons (Fsp3) is 0.455. The summed E-state index contributed by atoms with van der Waals surface area (Å²) in [5.74, 6) is -1.04. The molecule has 0 radical (unpaired) electrons. The van der Waals surface area contributed by atoms with E-state index >= 15 is 0 Å². The summed E-state index contributed by atoms with van der Waals surface area (Å²) in [5, 5.41) is 12.0. The minimum absolute atomic E-state index is 0.0921. The maximum Gasteiger partial charge on any atom is 0.256 e. The smallest absolute Gasteiger partial charge is 0.256 e. The number of pyridine rings is 1. The highest BCUT2D eigenvalue weighted by atomic mass is 19.1. The van der Waals surface area contributed by atoms with E-state index < -0.39 is 18.0 Å². The van der Waals surface area contributed by atoms with Crippen LogP contribution in [0.2, 0.25) is 0 Å². The molecule has 86 valence electrons. The highest BCUT2D eigenvalue weighted by Gasteiger charge is 2.29. The maximum atomic E-state index is 13.1. The van der Waals surface area contributed by atoms with Crippen LogP contribution in [0, 0.1) is 11.9 Å². The van der Waals surface area contributed by atoms with Crippen molar-refractivity contribution in [3.8, 4) is 0 Å². The van der Waals surface area contributed by atoms with Crippen molar-refractivity contribution >= 4 is 5.91 Å². The molecule has 1 aromatic rings. The number of hydrogen-bond acceptors (Lipinski definition) is 3. The molecule has 1 aliphatic carbocycles. The first-order valence-electron chi connectivity index (χ1n) is 5.25. The van der Waals surface area contributed by atoms with Crippen molar-refractivity contribution in [2.45, 2.75) is 18.9 Å². The Bertz CT molecular complexity index is 393. The Hall–Kier alpha value is -1.49. The van der Waals surface area contributed by atoms with Gasteiger partial charge in [-0.2, -0.15) is 4.39 Å². The molecule has 0 bridgehead atoms. The van der Waals surface area contributed by atoms with Crippen molar-refractivity contribution in [2.24, 2.45) is 5.92 Å². The zero-order valence-corrected chi connectivity index (χ0v) is 8.69. The van der Waals surface area contributed by atoms with Crippen LogP contribution in [0.1, 0.15) is 23.2 Å². The Morgan fingerprint density at radius 2 is 2.44 bits per heavy atom. The van der Waals surface area contributed by atoms with E-state index in [1.807, 2.05) is 0 Å². The third-order valence-electron chi connectivity index (χ3n) is 2.64. The maximum absolute atomic E-state index is 13.1. The summed E-state index contributed by atoms with van der Waals surface area (Å²) in [6.45, 7) is 0.165. The van der Waals surface area contributed by atoms with Gasteiger partial charge < -0.3 is 10.4 Å². The molecule has 1 saturated carbocycles. The Morgan fingerprint density at radius 3 is 3.06 bits per heavy atom. The van der Waals surface area contributed by atoms with Gasteiger partial charge in [0.15, 0.2) is 0 Å². The summed E-state index contributed by atoms with van der Waals surface area (Å²) < 4.78 is 13.1. The quantitative estimate of drug-likeness (QED) is 0.741. The van der Waals surface area contributed by atoms with E-state index in [2.05, 4.69) is 10.3 Å². The van der Waals surface area contributed by atoms with Crippen LogP contribution in [-0.4, -0.2) is 28.6 Å². The molecule has 0 spiro atoms. The largest absolute Gasteiger partial charge is 0.391 e. The standard InChI is InChI=1S/C11H13FN2O2/c12-10-8(2-1-5-13-10)11(16)14-6-9(15)7-3-4-7/h1-2,5,7,9,15H,3-4,6H2,(H,14,16). The predicted molar refractivity (Wildman–Crippen MR) is 55.3 cm³/mol. The second kappa shape index (κ2) is 4.57. The van der Waals surface area contributed by atoms with Gasteiger partial charge in [0.25, 0.3) is 5.91 Å². The second-order valence-electron chi connectivity index (χ2n) is 3.96. The average molecular weight is 224 g/mol. The lowest BCUT2D eigenvalue weighted by Crippen LogP contribution is -2.33. The first-order chi connectivity index (χ1) is 7.68. The zero-order chi connectivity index (χ0) is 11.5. The number of rotatable bonds is 4. The van der Waals surface area contributed by atoms with Gasteiger partial charge in [0.05, 0.1) is 11.7 Å². The van der Waals surface area contributed by atoms with Gasteiger partial charge in [-0.15, -0.1) is 0 Å². The Labute approximate surface area is 92.5 Å². The Morgan fingerprint density at radius 1 is 1.69 bits per heavy atom. The van der Waals surface area contributed by atoms with Crippen molar-refractivity contribution in [1.82, 2.24) is 10.3 Å². The molecular formula is C11H13FN2O2. The number of amides is 1. The summed E-state index contributed by atoms with van der Waals surface area (Å²) in [5.41, 5.74) is -0.0921. The van der Waals surface area contributed by atoms with Crippen LogP contribution in [0.25, 0.3) is 0 Å². The topological polar surface area (TPSA) is 62.2 Å². The molecule has 0 saturated heterocycles. The number of carbonyl (C=O) groups is 1. The van der Waals surface area contributed by atoms with E-state index in [0.29, 0.717) is 5.92 Å². The molecule has 1 unspecified atom stereocenters. The molecule has 4 nitrogen and oxygen atoms in total. The van der Waals surface area contributed by atoms with Crippen molar-refractivity contribution in [2.75, 3.05) is 6.54 Å². The van der Waals surface area contributed by atoms with Crippen LogP contribution in [0.4, 0.5) is 4.39 Å². The number of nitrogens with zero attached hydrogens (tertiary/aromatic N) is 1. The van der Waals surface area contributed by atoms with E-state index in [9.17, 15) is 14.3 Å². The normalized spacial score (nSPS) is 16.9. The van der Waals surface area contributed by atoms with Crippen molar-refractivity contribution in [3.05, 3.63) is 29.8 Å². The van der Waals surface area contributed by atoms with E-state index in [4.69, 9.17) is 0 Å². The lowest BCUT2D eigenvalue weighted by molar-refractivity contribution is 0.0896. The van der Waals surface area contributed by atoms with E-state index in [1.165, 1.54) is 18.3 Å². The first kappa shape index (κ1) is 11.0. The number of hydrogen-bond donors (Lipinski definition) is 2. The number of halogens is 1. The first-order valence-corrected chi connectivity index (χ1v) is 5.25. The van der Waals surface area contributed by atoms with Crippen LogP contribution >= 0.6 is 0 Å². The summed E-state index contributed by atoms with van der Waals surface area (Å²) in [6, 6.07) is 2.86. The van der Waals surface area contributed by atoms with E-state index in [-0.39, 0.29) is 12.1 Å². The van der Waals surface area contributed by atoms with E-state index in [1.54, 1.807) is 0 Å². The molecule has 2 rings (SSSR count). The molecular weight excluding hydrogens is 211 g/mol. The number of aliphatic hydroxyl groups excluding tert-OH is 1. The van der Waals surface area contributed by atoms with Crippen molar-refractivity contribution in [3.63, 3.8) is 0 Å². The monoisotopic (exact) mass is 224 g/mol. The van der Waals surface area contributed by atoms with Crippen LogP contribution in [0.5, 0.6) is 0 Å². The molecule has 1 aliphatic rings. The third-order valence-corrected chi connectivity index (χ3v) is 2.64. The molecule has 16 heavy (non-hydrogen) atoms.